The van der Waals surface area contributed by atoms with Crippen molar-refractivity contribution in [3.63, 3.8) is 0 Å². The van der Waals surface area contributed by atoms with Gasteiger partial charge in [0.05, 0.1) is 17.4 Å². The Morgan fingerprint density at radius 2 is 1.96 bits per heavy atom. The summed E-state index contributed by atoms with van der Waals surface area (Å²) in [4.78, 5) is 29.5. The second kappa shape index (κ2) is 8.29. The molecule has 1 aromatic carbocycles. The average Bonchev–Trinajstić information content (AvgIpc) is 2.62. The van der Waals surface area contributed by atoms with Gasteiger partial charge in [-0.3, -0.25) is 4.79 Å². The van der Waals surface area contributed by atoms with Crippen LogP contribution in [0.15, 0.2) is 40.6 Å². The van der Waals surface area contributed by atoms with Crippen LogP contribution in [0.1, 0.15) is 31.4 Å². The van der Waals surface area contributed by atoms with Gasteiger partial charge in [0.15, 0.2) is 0 Å². The fourth-order valence-corrected chi connectivity index (χ4v) is 2.75. The summed E-state index contributed by atoms with van der Waals surface area (Å²) >= 11 is 0. The number of carbonyl (C=O) groups is 2. The lowest BCUT2D eigenvalue weighted by molar-refractivity contribution is -0.145. The third-order valence-electron chi connectivity index (χ3n) is 4.71. The first-order valence-corrected chi connectivity index (χ1v) is 8.99. The number of aryl methyl sites for hydroxylation is 2. The van der Waals surface area contributed by atoms with Crippen molar-refractivity contribution >= 4 is 24.0 Å². The van der Waals surface area contributed by atoms with Gasteiger partial charge in [0.1, 0.15) is 11.5 Å². The minimum absolute atomic E-state index is 0.000554. The topological polar surface area (TPSA) is 99.4 Å². The maximum atomic E-state index is 11.6. The summed E-state index contributed by atoms with van der Waals surface area (Å²) in [5.74, 6) is -1.52. The number of nitrogens with zero attached hydrogens (tertiary/aromatic N) is 2. The van der Waals surface area contributed by atoms with Crippen molar-refractivity contribution in [2.24, 2.45) is 10.4 Å². The number of benzene rings is 1. The van der Waals surface area contributed by atoms with Crippen LogP contribution in [0.5, 0.6) is 5.75 Å². The van der Waals surface area contributed by atoms with Gasteiger partial charge in [0.25, 0.3) is 0 Å². The largest absolute Gasteiger partial charge is 0.481 e. The van der Waals surface area contributed by atoms with E-state index in [1.165, 1.54) is 19.1 Å². The first-order valence-electron chi connectivity index (χ1n) is 8.99. The Morgan fingerprint density at radius 1 is 1.29 bits per heavy atom. The van der Waals surface area contributed by atoms with Crippen LogP contribution in [0.25, 0.3) is 0 Å². The van der Waals surface area contributed by atoms with Crippen LogP contribution in [0.3, 0.4) is 0 Å². The minimum Gasteiger partial charge on any atom is -0.481 e. The highest BCUT2D eigenvalue weighted by atomic mass is 16.5. The van der Waals surface area contributed by atoms with Crippen molar-refractivity contribution in [3.05, 3.63) is 46.7 Å². The Labute approximate surface area is 164 Å². The van der Waals surface area contributed by atoms with E-state index in [1.807, 2.05) is 44.9 Å². The highest BCUT2D eigenvalue weighted by molar-refractivity contribution is 5.90. The molecule has 2 N–H and O–H groups in total. The summed E-state index contributed by atoms with van der Waals surface area (Å²) in [6.07, 6.45) is 4.50. The van der Waals surface area contributed by atoms with Gasteiger partial charge in [0, 0.05) is 19.2 Å². The molecule has 28 heavy (non-hydrogen) atoms. The van der Waals surface area contributed by atoms with Crippen molar-refractivity contribution in [1.82, 2.24) is 4.90 Å². The molecule has 1 aromatic rings. The molecule has 7 heteroatoms. The van der Waals surface area contributed by atoms with Crippen molar-refractivity contribution < 1.29 is 24.5 Å². The van der Waals surface area contributed by atoms with Crippen LogP contribution in [-0.4, -0.2) is 47.0 Å². The van der Waals surface area contributed by atoms with Crippen LogP contribution >= 0.6 is 0 Å². The van der Waals surface area contributed by atoms with E-state index in [9.17, 15) is 19.8 Å². The molecule has 1 atom stereocenters. The average molecular weight is 386 g/mol. The molecular formula is C21H26N2O5. The number of aliphatic imine (C=N–C) groups is 1. The molecule has 1 unspecified atom stereocenters. The van der Waals surface area contributed by atoms with E-state index in [-0.39, 0.29) is 17.8 Å². The minimum atomic E-state index is -1.34. The molecule has 1 aliphatic carbocycles. The van der Waals surface area contributed by atoms with E-state index in [1.54, 1.807) is 6.34 Å². The molecule has 7 nitrogen and oxygen atoms in total. The van der Waals surface area contributed by atoms with E-state index in [0.717, 1.165) is 23.4 Å². The molecule has 0 amide bonds. The quantitative estimate of drug-likeness (QED) is 0.548. The number of carboxylic acids is 2. The zero-order chi connectivity index (χ0) is 21.1. The van der Waals surface area contributed by atoms with Crippen LogP contribution in [0.2, 0.25) is 0 Å². The molecule has 2 rings (SSSR count). The van der Waals surface area contributed by atoms with E-state index in [2.05, 4.69) is 4.99 Å². The standard InChI is InChI=1S/C21H26N2O5/c1-6-23(5)12-22-17-7-14(3)18(8-13(17)2)28-16-9-15(19(24)25)10-21(4,11-16)20(26)27/h7-9,11-12H,6,10H2,1-5H3,(H,24,25)(H,26,27)/b22-12+. The molecular weight excluding hydrogens is 360 g/mol. The summed E-state index contributed by atoms with van der Waals surface area (Å²) in [7, 11) is 1.94. The zero-order valence-corrected chi connectivity index (χ0v) is 16.8. The Kier molecular flexibility index (Phi) is 6.28. The second-order valence-corrected chi connectivity index (χ2v) is 7.24. The monoisotopic (exact) mass is 386 g/mol. The first kappa shape index (κ1) is 21.2. The highest BCUT2D eigenvalue weighted by Crippen LogP contribution is 2.36. The molecule has 0 bridgehead atoms. The van der Waals surface area contributed by atoms with E-state index in [0.29, 0.717) is 5.75 Å². The molecule has 0 aromatic heterocycles. The highest BCUT2D eigenvalue weighted by Gasteiger charge is 2.37. The Balaban J connectivity index is 2.37. The summed E-state index contributed by atoms with van der Waals surface area (Å²) < 4.78 is 5.89. The normalized spacial score (nSPS) is 19.2. The van der Waals surface area contributed by atoms with Gasteiger partial charge < -0.3 is 19.8 Å². The molecule has 0 aliphatic heterocycles. The number of aliphatic carboxylic acids is 2. The maximum Gasteiger partial charge on any atom is 0.331 e. The molecule has 0 radical (unpaired) electrons. The van der Waals surface area contributed by atoms with Gasteiger partial charge >= 0.3 is 11.9 Å². The van der Waals surface area contributed by atoms with Crippen LogP contribution in [0, 0.1) is 19.3 Å². The third-order valence-corrected chi connectivity index (χ3v) is 4.71. The number of allylic oxidation sites excluding steroid dienone is 1. The van der Waals surface area contributed by atoms with Crippen LogP contribution in [0.4, 0.5) is 5.69 Å². The summed E-state index contributed by atoms with van der Waals surface area (Å²) in [5, 5.41) is 18.8. The fraction of sp³-hybridized carbons (Fsp3) is 0.381. The predicted molar refractivity (Wildman–Crippen MR) is 107 cm³/mol. The predicted octanol–water partition coefficient (Wildman–Crippen LogP) is 3.68. The van der Waals surface area contributed by atoms with Crippen molar-refractivity contribution in [1.29, 1.82) is 0 Å². The lowest BCUT2D eigenvalue weighted by atomic mass is 9.79. The second-order valence-electron chi connectivity index (χ2n) is 7.24. The Bertz CT molecular complexity index is 885. The fourth-order valence-electron chi connectivity index (χ4n) is 2.75. The molecule has 0 spiro atoms. The third kappa shape index (κ3) is 4.79. The number of rotatable bonds is 7. The van der Waals surface area contributed by atoms with Gasteiger partial charge in [-0.25, -0.2) is 9.79 Å². The van der Waals surface area contributed by atoms with Crippen molar-refractivity contribution in [2.75, 3.05) is 13.6 Å². The van der Waals surface area contributed by atoms with Crippen molar-refractivity contribution in [3.8, 4) is 5.75 Å². The van der Waals surface area contributed by atoms with Gasteiger partial charge in [0.2, 0.25) is 0 Å². The molecule has 0 heterocycles. The summed E-state index contributed by atoms with van der Waals surface area (Å²) in [6.45, 7) is 8.12. The van der Waals surface area contributed by atoms with Crippen LogP contribution in [-0.2, 0) is 9.59 Å². The van der Waals surface area contributed by atoms with Gasteiger partial charge in [-0.05, 0) is 69.5 Å². The molecule has 150 valence electrons. The summed E-state index contributed by atoms with van der Waals surface area (Å²) in [6, 6.07) is 3.70. The molecule has 0 fully saturated rings. The van der Waals surface area contributed by atoms with E-state index in [4.69, 9.17) is 4.74 Å². The van der Waals surface area contributed by atoms with Gasteiger partial charge in [-0.2, -0.15) is 0 Å². The molecule has 0 saturated heterocycles. The van der Waals surface area contributed by atoms with Gasteiger partial charge in [-0.15, -0.1) is 0 Å². The lowest BCUT2D eigenvalue weighted by Gasteiger charge is -2.26. The van der Waals surface area contributed by atoms with Crippen LogP contribution < -0.4 is 4.74 Å². The van der Waals surface area contributed by atoms with E-state index < -0.39 is 17.4 Å². The first-order chi connectivity index (χ1) is 13.1. The van der Waals surface area contributed by atoms with E-state index >= 15 is 0 Å². The SMILES string of the molecule is CCN(C)/C=N/c1cc(C)c(OC2=CC(C)(C(=O)O)CC(C(=O)O)=C2)cc1C. The van der Waals surface area contributed by atoms with Crippen molar-refractivity contribution in [2.45, 2.75) is 34.1 Å². The Morgan fingerprint density at radius 3 is 2.54 bits per heavy atom. The number of hydrogen-bond donors (Lipinski definition) is 2. The Hall–Kier alpha value is -3.09. The smallest absolute Gasteiger partial charge is 0.331 e. The molecule has 1 aliphatic rings. The maximum absolute atomic E-state index is 11.6. The number of hydrogen-bond acceptors (Lipinski definition) is 4. The number of carboxylic acid groups (broad SMARTS) is 2. The van der Waals surface area contributed by atoms with Gasteiger partial charge in [-0.1, -0.05) is 0 Å². The zero-order valence-electron chi connectivity index (χ0n) is 16.8. The molecule has 0 saturated carbocycles. The summed E-state index contributed by atoms with van der Waals surface area (Å²) in [5.41, 5.74) is 1.17. The number of ether oxygens (including phenoxy) is 1. The lowest BCUT2D eigenvalue weighted by Crippen LogP contribution is -2.30.